The van der Waals surface area contributed by atoms with E-state index in [2.05, 4.69) is 6.92 Å². The molecule has 1 aliphatic carbocycles. The maximum absolute atomic E-state index is 12.3. The summed E-state index contributed by atoms with van der Waals surface area (Å²) in [7, 11) is 0. The fourth-order valence-corrected chi connectivity index (χ4v) is 3.65. The molecule has 2 bridgehead atoms. The van der Waals surface area contributed by atoms with Gasteiger partial charge in [-0.25, -0.2) is 0 Å². The van der Waals surface area contributed by atoms with E-state index in [4.69, 9.17) is 9.47 Å². The van der Waals surface area contributed by atoms with Gasteiger partial charge in [0.05, 0.1) is 17.9 Å². The fraction of sp³-hybridized carbons (Fsp3) is 0.867. The Morgan fingerprint density at radius 3 is 2.84 bits per heavy atom. The minimum atomic E-state index is -0.368. The molecule has 1 heterocycles. The summed E-state index contributed by atoms with van der Waals surface area (Å²) in [5, 5.41) is 0. The maximum Gasteiger partial charge on any atom is 0.310 e. The Hall–Kier alpha value is -1.06. The Kier molecular flexibility index (Phi) is 3.88. The molecule has 1 aliphatic heterocycles. The van der Waals surface area contributed by atoms with Crippen LogP contribution in [0, 0.1) is 17.8 Å². The van der Waals surface area contributed by atoms with Gasteiger partial charge in [-0.15, -0.1) is 0 Å². The van der Waals surface area contributed by atoms with Gasteiger partial charge >= 0.3 is 11.9 Å². The van der Waals surface area contributed by atoms with E-state index in [-0.39, 0.29) is 41.4 Å². The number of carbonyl (C=O) groups excluding carboxylic acids is 2. The van der Waals surface area contributed by atoms with E-state index in [0.29, 0.717) is 6.42 Å². The molecule has 0 radical (unpaired) electrons. The van der Waals surface area contributed by atoms with Crippen LogP contribution in [0.15, 0.2) is 0 Å². The van der Waals surface area contributed by atoms with Gasteiger partial charge in [0.15, 0.2) is 0 Å². The van der Waals surface area contributed by atoms with Gasteiger partial charge in [0.1, 0.15) is 5.60 Å². The maximum atomic E-state index is 12.3. The first kappa shape index (κ1) is 14.4. The fourth-order valence-electron chi connectivity index (χ4n) is 3.65. The molecule has 0 amide bonds. The van der Waals surface area contributed by atoms with Crippen molar-refractivity contribution in [2.75, 3.05) is 0 Å². The lowest BCUT2D eigenvalue weighted by atomic mass is 9.69. The SMILES string of the molecule is CCC[C@H](C)OC(=O)[C@H]1[C@H](C)C[C@@]2(C)C[C@H]1C(=O)O2. The van der Waals surface area contributed by atoms with Crippen LogP contribution in [-0.2, 0) is 19.1 Å². The summed E-state index contributed by atoms with van der Waals surface area (Å²) in [5.74, 6) is -0.953. The molecule has 108 valence electrons. The minimum Gasteiger partial charge on any atom is -0.462 e. The number of rotatable bonds is 4. The predicted molar refractivity (Wildman–Crippen MR) is 70.3 cm³/mol. The van der Waals surface area contributed by atoms with Crippen LogP contribution >= 0.6 is 0 Å². The Bertz CT molecular complexity index is 378. The molecule has 0 spiro atoms. The number of ether oxygens (including phenoxy) is 2. The molecule has 2 fully saturated rings. The summed E-state index contributed by atoms with van der Waals surface area (Å²) in [6, 6.07) is 0. The van der Waals surface area contributed by atoms with Crippen LogP contribution in [0.3, 0.4) is 0 Å². The topological polar surface area (TPSA) is 52.6 Å². The normalized spacial score (nSPS) is 38.7. The zero-order valence-corrected chi connectivity index (χ0v) is 12.3. The van der Waals surface area contributed by atoms with Gasteiger partial charge in [0, 0.05) is 6.42 Å². The van der Waals surface area contributed by atoms with Gasteiger partial charge in [-0.05, 0) is 32.6 Å². The van der Waals surface area contributed by atoms with Gasteiger partial charge in [0.2, 0.25) is 0 Å². The molecule has 1 saturated carbocycles. The smallest absolute Gasteiger partial charge is 0.310 e. The molecule has 5 atom stereocenters. The summed E-state index contributed by atoms with van der Waals surface area (Å²) in [6.07, 6.45) is 3.17. The molecule has 19 heavy (non-hydrogen) atoms. The van der Waals surface area contributed by atoms with Crippen LogP contribution in [0.1, 0.15) is 53.4 Å². The van der Waals surface area contributed by atoms with Crippen molar-refractivity contribution in [3.8, 4) is 0 Å². The number of hydrogen-bond donors (Lipinski definition) is 0. The molecule has 2 aliphatic rings. The summed E-state index contributed by atoms with van der Waals surface area (Å²) in [6.45, 7) is 7.95. The molecule has 1 saturated heterocycles. The largest absolute Gasteiger partial charge is 0.462 e. The number of carbonyl (C=O) groups is 2. The summed E-state index contributed by atoms with van der Waals surface area (Å²) in [5.41, 5.74) is -0.368. The average molecular weight is 268 g/mol. The van der Waals surface area contributed by atoms with Gasteiger partial charge in [0.25, 0.3) is 0 Å². The third kappa shape index (κ3) is 2.77. The van der Waals surface area contributed by atoms with Crippen molar-refractivity contribution in [1.29, 1.82) is 0 Å². The molecule has 0 aromatic rings. The Morgan fingerprint density at radius 1 is 1.53 bits per heavy atom. The van der Waals surface area contributed by atoms with Gasteiger partial charge < -0.3 is 9.47 Å². The summed E-state index contributed by atoms with van der Waals surface area (Å²) >= 11 is 0. The first-order chi connectivity index (χ1) is 8.86. The van der Waals surface area contributed by atoms with Crippen LogP contribution in [0.2, 0.25) is 0 Å². The van der Waals surface area contributed by atoms with E-state index in [1.54, 1.807) is 0 Å². The molecular weight excluding hydrogens is 244 g/mol. The van der Waals surface area contributed by atoms with Crippen molar-refractivity contribution < 1.29 is 19.1 Å². The molecule has 0 aromatic carbocycles. The van der Waals surface area contributed by atoms with Gasteiger partial charge in [-0.2, -0.15) is 0 Å². The van der Waals surface area contributed by atoms with Crippen molar-refractivity contribution >= 4 is 11.9 Å². The van der Waals surface area contributed by atoms with E-state index in [1.807, 2.05) is 20.8 Å². The van der Waals surface area contributed by atoms with Gasteiger partial charge in [-0.1, -0.05) is 20.3 Å². The molecule has 2 rings (SSSR count). The molecule has 4 heteroatoms. The predicted octanol–water partition coefficient (Wildman–Crippen LogP) is 2.70. The highest BCUT2D eigenvalue weighted by Crippen LogP contribution is 2.48. The highest BCUT2D eigenvalue weighted by molar-refractivity contribution is 5.84. The molecule has 0 unspecified atom stereocenters. The second kappa shape index (κ2) is 5.14. The lowest BCUT2D eigenvalue weighted by Crippen LogP contribution is -2.41. The van der Waals surface area contributed by atoms with Crippen LogP contribution in [0.25, 0.3) is 0 Å². The first-order valence-electron chi connectivity index (χ1n) is 7.29. The van der Waals surface area contributed by atoms with Crippen molar-refractivity contribution in [2.24, 2.45) is 17.8 Å². The van der Waals surface area contributed by atoms with E-state index >= 15 is 0 Å². The zero-order chi connectivity index (χ0) is 14.2. The van der Waals surface area contributed by atoms with Crippen molar-refractivity contribution in [2.45, 2.75) is 65.1 Å². The lowest BCUT2D eigenvalue weighted by Gasteiger charge is -2.35. The third-order valence-corrected chi connectivity index (χ3v) is 4.39. The van der Waals surface area contributed by atoms with Crippen molar-refractivity contribution in [3.63, 3.8) is 0 Å². The molecule has 0 aromatic heterocycles. The average Bonchev–Trinajstić information content (AvgIpc) is 2.49. The minimum absolute atomic E-state index is 0.0737. The monoisotopic (exact) mass is 268 g/mol. The second-order valence-electron chi connectivity index (χ2n) is 6.42. The van der Waals surface area contributed by atoms with E-state index in [9.17, 15) is 9.59 Å². The molecule has 4 nitrogen and oxygen atoms in total. The van der Waals surface area contributed by atoms with Crippen LogP contribution in [0.5, 0.6) is 0 Å². The first-order valence-corrected chi connectivity index (χ1v) is 7.29. The van der Waals surface area contributed by atoms with Crippen LogP contribution in [-0.4, -0.2) is 23.6 Å². The summed E-state index contributed by atoms with van der Waals surface area (Å²) in [4.78, 5) is 24.2. The Morgan fingerprint density at radius 2 is 2.21 bits per heavy atom. The van der Waals surface area contributed by atoms with Crippen LogP contribution < -0.4 is 0 Å². The van der Waals surface area contributed by atoms with Gasteiger partial charge in [-0.3, -0.25) is 9.59 Å². The highest BCUT2D eigenvalue weighted by atomic mass is 16.6. The number of esters is 2. The Labute approximate surface area is 114 Å². The highest BCUT2D eigenvalue weighted by Gasteiger charge is 2.56. The number of fused-ring (bicyclic) bond motifs is 2. The Balaban J connectivity index is 2.07. The quantitative estimate of drug-likeness (QED) is 0.736. The molecule has 0 N–H and O–H groups in total. The zero-order valence-electron chi connectivity index (χ0n) is 12.3. The van der Waals surface area contributed by atoms with E-state index < -0.39 is 0 Å². The van der Waals surface area contributed by atoms with E-state index in [1.165, 1.54) is 0 Å². The number of hydrogen-bond acceptors (Lipinski definition) is 4. The van der Waals surface area contributed by atoms with Crippen LogP contribution in [0.4, 0.5) is 0 Å². The third-order valence-electron chi connectivity index (χ3n) is 4.39. The van der Waals surface area contributed by atoms with E-state index in [0.717, 1.165) is 19.3 Å². The summed E-state index contributed by atoms with van der Waals surface area (Å²) < 4.78 is 10.9. The van der Waals surface area contributed by atoms with Crippen molar-refractivity contribution in [3.05, 3.63) is 0 Å². The standard InChI is InChI=1S/C15H24O4/c1-5-6-10(3)18-14(17)12-9(2)7-15(4)8-11(12)13(16)19-15/h9-12H,5-8H2,1-4H3/t9-,10+,11-,12+,15+/m1/s1. The van der Waals surface area contributed by atoms with Crippen molar-refractivity contribution in [1.82, 2.24) is 0 Å². The second-order valence-corrected chi connectivity index (χ2v) is 6.42. The lowest BCUT2D eigenvalue weighted by molar-refractivity contribution is -0.161. The molecular formula is C15H24O4.